The van der Waals surface area contributed by atoms with Crippen molar-refractivity contribution in [3.8, 4) is 11.5 Å². The van der Waals surface area contributed by atoms with Crippen LogP contribution in [0.4, 0.5) is 0 Å². The first-order valence-electron chi connectivity index (χ1n) is 5.77. The number of ether oxygens (including phenoxy) is 2. The smallest absolute Gasteiger partial charge is 0.169 e. The maximum absolute atomic E-state index is 5.65. The quantitative estimate of drug-likeness (QED) is 0.732. The highest BCUT2D eigenvalue weighted by Crippen LogP contribution is 2.26. The summed E-state index contributed by atoms with van der Waals surface area (Å²) in [5.41, 5.74) is 0. The average molecular weight is 220 g/mol. The van der Waals surface area contributed by atoms with Crippen LogP contribution in [-0.4, -0.2) is 13.2 Å². The van der Waals surface area contributed by atoms with Crippen LogP contribution in [0, 0.1) is 24.0 Å². The topological polar surface area (TPSA) is 18.5 Å². The molecule has 2 heteroatoms. The molecule has 2 nitrogen and oxygen atoms in total. The van der Waals surface area contributed by atoms with Gasteiger partial charge in [0.05, 0.1) is 13.2 Å². The van der Waals surface area contributed by atoms with Crippen LogP contribution in [0.5, 0.6) is 11.5 Å². The van der Waals surface area contributed by atoms with Crippen molar-refractivity contribution in [3.63, 3.8) is 0 Å². The zero-order valence-corrected chi connectivity index (χ0v) is 10.5. The Hall–Kier alpha value is -1.18. The third kappa shape index (κ3) is 4.56. The van der Waals surface area contributed by atoms with Gasteiger partial charge in [-0.15, -0.1) is 0 Å². The van der Waals surface area contributed by atoms with Crippen LogP contribution in [0.25, 0.3) is 0 Å². The molecule has 88 valence electrons. The van der Waals surface area contributed by atoms with E-state index < -0.39 is 0 Å². The van der Waals surface area contributed by atoms with Crippen molar-refractivity contribution >= 4 is 0 Å². The van der Waals surface area contributed by atoms with E-state index in [9.17, 15) is 0 Å². The van der Waals surface area contributed by atoms with Gasteiger partial charge in [0.15, 0.2) is 11.5 Å². The molecule has 1 aromatic rings. The van der Waals surface area contributed by atoms with Crippen molar-refractivity contribution in [2.45, 2.75) is 27.7 Å². The minimum absolute atomic E-state index is 0.492. The minimum Gasteiger partial charge on any atom is -0.489 e. The molecule has 0 saturated heterocycles. The first kappa shape index (κ1) is 12.9. The number of rotatable bonds is 6. The summed E-state index contributed by atoms with van der Waals surface area (Å²) in [7, 11) is 0. The fraction of sp³-hybridized carbons (Fsp3) is 0.571. The third-order valence-corrected chi connectivity index (χ3v) is 1.86. The van der Waals surface area contributed by atoms with Crippen molar-refractivity contribution in [2.75, 3.05) is 13.2 Å². The summed E-state index contributed by atoms with van der Waals surface area (Å²) in [5, 5.41) is 0. The van der Waals surface area contributed by atoms with Crippen LogP contribution < -0.4 is 9.47 Å². The Kier molecular flexibility index (Phi) is 5.17. The summed E-state index contributed by atoms with van der Waals surface area (Å²) < 4.78 is 11.3. The van der Waals surface area contributed by atoms with E-state index in [0.29, 0.717) is 30.8 Å². The predicted octanol–water partition coefficient (Wildman–Crippen LogP) is 3.36. The van der Waals surface area contributed by atoms with Gasteiger partial charge in [-0.3, -0.25) is 0 Å². The fourth-order valence-corrected chi connectivity index (χ4v) is 1.09. The van der Waals surface area contributed by atoms with Gasteiger partial charge in [-0.25, -0.2) is 0 Å². The standard InChI is InChI=1S/C14H20O2/c1-11(2)9-15-13-7-5-6-8-14(13)16-10-12(3)4/h5,7,11-12H,9-10H2,1-4H3. The van der Waals surface area contributed by atoms with Gasteiger partial charge in [-0.2, -0.15) is 0 Å². The molecule has 0 spiro atoms. The second-order valence-corrected chi connectivity index (χ2v) is 4.71. The van der Waals surface area contributed by atoms with E-state index >= 15 is 0 Å². The molecule has 0 N–H and O–H groups in total. The molecule has 0 saturated carbocycles. The number of hydrogen-bond acceptors (Lipinski definition) is 2. The summed E-state index contributed by atoms with van der Waals surface area (Å²) in [6.45, 7) is 9.83. The summed E-state index contributed by atoms with van der Waals surface area (Å²) in [6.07, 6.45) is 0. The largest absolute Gasteiger partial charge is 0.489 e. The van der Waals surface area contributed by atoms with Gasteiger partial charge in [-0.05, 0) is 30.0 Å². The maximum atomic E-state index is 5.65. The Balaban J connectivity index is 2.60. The first-order valence-corrected chi connectivity index (χ1v) is 5.77. The minimum atomic E-state index is 0.492. The molecule has 16 heavy (non-hydrogen) atoms. The lowest BCUT2D eigenvalue weighted by Crippen LogP contribution is -2.08. The van der Waals surface area contributed by atoms with Crippen LogP contribution in [0.3, 0.4) is 0 Å². The monoisotopic (exact) mass is 220 g/mol. The molecule has 0 aromatic heterocycles. The number of benzene rings is 1. The maximum Gasteiger partial charge on any atom is 0.169 e. The molecule has 0 unspecified atom stereocenters. The van der Waals surface area contributed by atoms with Crippen molar-refractivity contribution in [3.05, 3.63) is 24.3 Å². The van der Waals surface area contributed by atoms with Crippen LogP contribution in [0.15, 0.2) is 12.1 Å². The highest BCUT2D eigenvalue weighted by molar-refractivity contribution is 5.37. The van der Waals surface area contributed by atoms with Gasteiger partial charge < -0.3 is 9.47 Å². The summed E-state index contributed by atoms with van der Waals surface area (Å²) >= 11 is 0. The Morgan fingerprint density at radius 2 is 1.69 bits per heavy atom. The lowest BCUT2D eigenvalue weighted by atomic mass is 10.2. The molecule has 1 rings (SSSR count). The van der Waals surface area contributed by atoms with Crippen LogP contribution >= 0.6 is 0 Å². The molecule has 0 heterocycles. The van der Waals surface area contributed by atoms with Gasteiger partial charge in [0, 0.05) is 6.07 Å². The Bertz CT molecular complexity index is 274. The van der Waals surface area contributed by atoms with Crippen molar-refractivity contribution in [1.82, 2.24) is 0 Å². The van der Waals surface area contributed by atoms with Crippen LogP contribution in [-0.2, 0) is 0 Å². The highest BCUT2D eigenvalue weighted by Gasteiger charge is 2.06. The van der Waals surface area contributed by atoms with E-state index in [2.05, 4.69) is 39.8 Å². The zero-order valence-electron chi connectivity index (χ0n) is 10.5. The normalized spacial score (nSPS) is 10.9. The Morgan fingerprint density at radius 1 is 1.06 bits per heavy atom. The Labute approximate surface area is 98.6 Å². The Morgan fingerprint density at radius 3 is 2.31 bits per heavy atom. The van der Waals surface area contributed by atoms with Gasteiger partial charge in [0.25, 0.3) is 0 Å². The molecule has 0 bridgehead atoms. The van der Waals surface area contributed by atoms with Crippen LogP contribution in [0.2, 0.25) is 0 Å². The lowest BCUT2D eigenvalue weighted by molar-refractivity contribution is 0.229. The molecule has 0 amide bonds. The molecular weight excluding hydrogens is 200 g/mol. The molecule has 0 fully saturated rings. The van der Waals surface area contributed by atoms with Crippen LogP contribution in [0.1, 0.15) is 27.7 Å². The molecule has 0 aliphatic carbocycles. The zero-order chi connectivity index (χ0) is 12.0. The van der Waals surface area contributed by atoms with Crippen molar-refractivity contribution < 1.29 is 9.47 Å². The lowest BCUT2D eigenvalue weighted by Gasteiger charge is -2.14. The summed E-state index contributed by atoms with van der Waals surface area (Å²) in [6, 6.07) is 9.49. The van der Waals surface area contributed by atoms with Gasteiger partial charge in [-0.1, -0.05) is 27.7 Å². The predicted molar refractivity (Wildman–Crippen MR) is 64.8 cm³/mol. The van der Waals surface area contributed by atoms with Gasteiger partial charge >= 0.3 is 0 Å². The van der Waals surface area contributed by atoms with E-state index in [1.54, 1.807) is 6.07 Å². The van der Waals surface area contributed by atoms with E-state index in [0.717, 1.165) is 5.75 Å². The molecular formula is C14H20O2. The first-order chi connectivity index (χ1) is 7.59. The SMILES string of the molecule is CC(C)COc1[c][c]ccc1OCC(C)C. The fourth-order valence-electron chi connectivity index (χ4n) is 1.09. The van der Waals surface area contributed by atoms with E-state index in [1.807, 2.05) is 6.07 Å². The van der Waals surface area contributed by atoms with Crippen molar-refractivity contribution in [2.24, 2.45) is 11.8 Å². The second kappa shape index (κ2) is 6.41. The second-order valence-electron chi connectivity index (χ2n) is 4.71. The van der Waals surface area contributed by atoms with E-state index in [-0.39, 0.29) is 0 Å². The van der Waals surface area contributed by atoms with Gasteiger partial charge in [0.2, 0.25) is 0 Å². The highest BCUT2D eigenvalue weighted by atomic mass is 16.5. The number of hydrogen-bond donors (Lipinski definition) is 0. The van der Waals surface area contributed by atoms with Gasteiger partial charge in [0.1, 0.15) is 0 Å². The van der Waals surface area contributed by atoms with E-state index in [4.69, 9.17) is 9.47 Å². The molecule has 0 aliphatic rings. The molecule has 0 atom stereocenters. The molecule has 1 aromatic carbocycles. The summed E-state index contributed by atoms with van der Waals surface area (Å²) in [4.78, 5) is 0. The summed E-state index contributed by atoms with van der Waals surface area (Å²) in [5.74, 6) is 2.42. The van der Waals surface area contributed by atoms with E-state index in [1.165, 1.54) is 0 Å². The average Bonchev–Trinajstić information content (AvgIpc) is 2.24. The molecule has 0 aliphatic heterocycles. The third-order valence-electron chi connectivity index (χ3n) is 1.86. The van der Waals surface area contributed by atoms with Crippen molar-refractivity contribution in [1.29, 1.82) is 0 Å². The molecule has 2 radical (unpaired) electrons.